The maximum atomic E-state index is 10.7. The summed E-state index contributed by atoms with van der Waals surface area (Å²) in [5.74, 6) is -0.261. The standard InChI is InChI=1S/C15H28O3/c1-11(10-13(16)17)6-7-12-14(2,3)8-5-9-15(12,4)18/h11-12,18H,5-10H2,1-4H3,(H,16,17). The minimum atomic E-state index is -0.725. The van der Waals surface area contributed by atoms with E-state index in [1.807, 2.05) is 13.8 Å². The molecular weight excluding hydrogens is 228 g/mol. The van der Waals surface area contributed by atoms with Gasteiger partial charge in [0.2, 0.25) is 0 Å². The third kappa shape index (κ3) is 3.98. The summed E-state index contributed by atoms with van der Waals surface area (Å²) in [6.07, 6.45) is 5.15. The van der Waals surface area contributed by atoms with E-state index in [1.54, 1.807) is 0 Å². The average molecular weight is 256 g/mol. The first-order valence-electron chi connectivity index (χ1n) is 7.09. The molecule has 1 fully saturated rings. The van der Waals surface area contributed by atoms with Crippen molar-refractivity contribution >= 4 is 5.97 Å². The number of aliphatic carboxylic acids is 1. The predicted octanol–water partition coefficient (Wildman–Crippen LogP) is 3.45. The van der Waals surface area contributed by atoms with Gasteiger partial charge in [-0.05, 0) is 49.9 Å². The summed E-state index contributed by atoms with van der Waals surface area (Å²) in [7, 11) is 0. The number of rotatable bonds is 5. The Morgan fingerprint density at radius 2 is 1.94 bits per heavy atom. The molecule has 0 aromatic heterocycles. The van der Waals surface area contributed by atoms with Gasteiger partial charge in [0.15, 0.2) is 0 Å². The van der Waals surface area contributed by atoms with E-state index in [2.05, 4.69) is 13.8 Å². The van der Waals surface area contributed by atoms with Crippen molar-refractivity contribution in [2.24, 2.45) is 17.3 Å². The smallest absolute Gasteiger partial charge is 0.303 e. The number of carboxylic acid groups (broad SMARTS) is 1. The van der Waals surface area contributed by atoms with Gasteiger partial charge in [0.05, 0.1) is 5.60 Å². The maximum Gasteiger partial charge on any atom is 0.303 e. The van der Waals surface area contributed by atoms with Crippen LogP contribution in [0.3, 0.4) is 0 Å². The Balaban J connectivity index is 2.59. The molecule has 0 spiro atoms. The zero-order valence-corrected chi connectivity index (χ0v) is 12.2. The molecule has 0 aromatic rings. The summed E-state index contributed by atoms with van der Waals surface area (Å²) in [6, 6.07) is 0. The van der Waals surface area contributed by atoms with Crippen LogP contribution in [0.25, 0.3) is 0 Å². The van der Waals surface area contributed by atoms with Gasteiger partial charge in [0, 0.05) is 6.42 Å². The molecule has 3 unspecified atom stereocenters. The Hall–Kier alpha value is -0.570. The topological polar surface area (TPSA) is 57.5 Å². The van der Waals surface area contributed by atoms with Crippen LogP contribution in [0.5, 0.6) is 0 Å². The van der Waals surface area contributed by atoms with E-state index in [1.165, 1.54) is 0 Å². The van der Waals surface area contributed by atoms with Crippen LogP contribution in [0.15, 0.2) is 0 Å². The Morgan fingerprint density at radius 3 is 2.44 bits per heavy atom. The van der Waals surface area contributed by atoms with E-state index < -0.39 is 11.6 Å². The van der Waals surface area contributed by atoms with Crippen LogP contribution in [0.4, 0.5) is 0 Å². The molecule has 3 heteroatoms. The van der Waals surface area contributed by atoms with Crippen molar-refractivity contribution < 1.29 is 15.0 Å². The molecule has 0 saturated heterocycles. The Bertz CT molecular complexity index is 278. The molecule has 0 bridgehead atoms. The lowest BCUT2D eigenvalue weighted by Crippen LogP contribution is -2.47. The highest BCUT2D eigenvalue weighted by molar-refractivity contribution is 5.66. The van der Waals surface area contributed by atoms with Crippen LogP contribution in [-0.4, -0.2) is 21.8 Å². The fraction of sp³-hybridized carbons (Fsp3) is 0.933. The summed E-state index contributed by atoms with van der Waals surface area (Å²) in [4.78, 5) is 10.7. The summed E-state index contributed by atoms with van der Waals surface area (Å²) < 4.78 is 0. The summed E-state index contributed by atoms with van der Waals surface area (Å²) in [5.41, 5.74) is -0.435. The van der Waals surface area contributed by atoms with Crippen LogP contribution in [0, 0.1) is 17.3 Å². The predicted molar refractivity (Wildman–Crippen MR) is 72.4 cm³/mol. The highest BCUT2D eigenvalue weighted by Gasteiger charge is 2.44. The maximum absolute atomic E-state index is 10.7. The zero-order valence-electron chi connectivity index (χ0n) is 12.2. The lowest BCUT2D eigenvalue weighted by molar-refractivity contribution is -0.138. The molecule has 0 aliphatic heterocycles. The van der Waals surface area contributed by atoms with E-state index in [9.17, 15) is 9.90 Å². The van der Waals surface area contributed by atoms with Gasteiger partial charge >= 0.3 is 5.97 Å². The lowest BCUT2D eigenvalue weighted by Gasteiger charge is -2.48. The zero-order chi connectivity index (χ0) is 14.0. The fourth-order valence-corrected chi connectivity index (χ4v) is 3.65. The molecule has 0 aromatic carbocycles. The first-order valence-corrected chi connectivity index (χ1v) is 7.09. The SMILES string of the molecule is CC(CCC1C(C)(C)CCCC1(C)O)CC(=O)O. The molecule has 1 aliphatic rings. The van der Waals surface area contributed by atoms with E-state index >= 15 is 0 Å². The quantitative estimate of drug-likeness (QED) is 0.792. The van der Waals surface area contributed by atoms with E-state index in [0.29, 0.717) is 0 Å². The van der Waals surface area contributed by atoms with Crippen molar-refractivity contribution in [3.63, 3.8) is 0 Å². The summed E-state index contributed by atoms with van der Waals surface area (Å²) >= 11 is 0. The van der Waals surface area contributed by atoms with Gasteiger partial charge in [-0.15, -0.1) is 0 Å². The first kappa shape index (κ1) is 15.5. The van der Waals surface area contributed by atoms with Crippen LogP contribution < -0.4 is 0 Å². The van der Waals surface area contributed by atoms with Gasteiger partial charge in [0.1, 0.15) is 0 Å². The van der Waals surface area contributed by atoms with Crippen LogP contribution in [0.2, 0.25) is 0 Å². The molecule has 3 atom stereocenters. The van der Waals surface area contributed by atoms with E-state index in [0.717, 1.165) is 32.1 Å². The number of hydrogen-bond acceptors (Lipinski definition) is 2. The molecule has 106 valence electrons. The van der Waals surface area contributed by atoms with Gasteiger partial charge in [-0.3, -0.25) is 4.79 Å². The largest absolute Gasteiger partial charge is 0.481 e. The van der Waals surface area contributed by atoms with Crippen molar-refractivity contribution in [2.75, 3.05) is 0 Å². The minimum absolute atomic E-state index is 0.157. The molecule has 1 aliphatic carbocycles. The molecule has 0 radical (unpaired) electrons. The highest BCUT2D eigenvalue weighted by Crippen LogP contribution is 2.48. The highest BCUT2D eigenvalue weighted by atomic mass is 16.4. The lowest BCUT2D eigenvalue weighted by atomic mass is 9.60. The molecule has 0 heterocycles. The molecule has 2 N–H and O–H groups in total. The number of aliphatic hydroxyl groups is 1. The van der Waals surface area contributed by atoms with Crippen LogP contribution in [0.1, 0.15) is 66.2 Å². The van der Waals surface area contributed by atoms with Gasteiger partial charge in [-0.1, -0.05) is 27.2 Å². The average Bonchev–Trinajstić information content (AvgIpc) is 2.12. The Morgan fingerprint density at radius 1 is 1.33 bits per heavy atom. The third-order valence-corrected chi connectivity index (χ3v) is 4.67. The summed E-state index contributed by atoms with van der Waals surface area (Å²) in [6.45, 7) is 8.39. The van der Waals surface area contributed by atoms with Gasteiger partial charge in [0.25, 0.3) is 0 Å². The van der Waals surface area contributed by atoms with Crippen molar-refractivity contribution in [3.8, 4) is 0 Å². The second-order valence-electron chi connectivity index (χ2n) is 7.03. The second-order valence-corrected chi connectivity index (χ2v) is 7.03. The Kier molecular flexibility index (Phi) is 4.82. The van der Waals surface area contributed by atoms with Gasteiger partial charge < -0.3 is 10.2 Å². The Labute approximate surface area is 111 Å². The van der Waals surface area contributed by atoms with Gasteiger partial charge in [-0.25, -0.2) is 0 Å². The molecular formula is C15H28O3. The van der Waals surface area contributed by atoms with E-state index in [4.69, 9.17) is 5.11 Å². The van der Waals surface area contributed by atoms with Crippen molar-refractivity contribution in [1.82, 2.24) is 0 Å². The monoisotopic (exact) mass is 256 g/mol. The molecule has 1 rings (SSSR count). The third-order valence-electron chi connectivity index (χ3n) is 4.67. The van der Waals surface area contributed by atoms with Crippen molar-refractivity contribution in [1.29, 1.82) is 0 Å². The van der Waals surface area contributed by atoms with Crippen molar-refractivity contribution in [3.05, 3.63) is 0 Å². The number of carbonyl (C=O) groups is 1. The molecule has 3 nitrogen and oxygen atoms in total. The van der Waals surface area contributed by atoms with Crippen LogP contribution in [-0.2, 0) is 4.79 Å². The minimum Gasteiger partial charge on any atom is -0.481 e. The molecule has 18 heavy (non-hydrogen) atoms. The van der Waals surface area contributed by atoms with E-state index in [-0.39, 0.29) is 23.7 Å². The molecule has 1 saturated carbocycles. The number of hydrogen-bond donors (Lipinski definition) is 2. The second kappa shape index (κ2) is 5.60. The molecule has 0 amide bonds. The fourth-order valence-electron chi connectivity index (χ4n) is 3.65. The van der Waals surface area contributed by atoms with Gasteiger partial charge in [-0.2, -0.15) is 0 Å². The van der Waals surface area contributed by atoms with Crippen molar-refractivity contribution in [2.45, 2.75) is 71.8 Å². The van der Waals surface area contributed by atoms with Crippen LogP contribution >= 0.6 is 0 Å². The summed E-state index contributed by atoms with van der Waals surface area (Å²) in [5, 5.41) is 19.3. The number of carboxylic acids is 1. The normalized spacial score (nSPS) is 33.1. The first-order chi connectivity index (χ1) is 8.15.